The van der Waals surface area contributed by atoms with Crippen molar-refractivity contribution in [3.05, 3.63) is 71.8 Å². The van der Waals surface area contributed by atoms with Crippen LogP contribution < -0.4 is 26.8 Å². The van der Waals surface area contributed by atoms with Crippen molar-refractivity contribution in [3.63, 3.8) is 0 Å². The number of hydrogen-bond acceptors (Lipinski definition) is 11. The first-order chi connectivity index (χ1) is 19.8. The number of nitrogens with two attached hydrogens (primary N) is 2. The highest BCUT2D eigenvalue weighted by molar-refractivity contribution is 7.90. The number of aromatic nitrogens is 3. The molecule has 0 saturated carbocycles. The summed E-state index contributed by atoms with van der Waals surface area (Å²) in [4.78, 5) is 26.2. The number of benzene rings is 2. The smallest absolute Gasteiger partial charge is 0.251 e. The summed E-state index contributed by atoms with van der Waals surface area (Å²) in [5.41, 5.74) is 9.26. The maximum absolute atomic E-state index is 12.3. The van der Waals surface area contributed by atoms with E-state index in [2.05, 4.69) is 25.9 Å². The Morgan fingerprint density at radius 2 is 1.60 bits per heavy atom. The van der Waals surface area contributed by atoms with E-state index >= 15 is 0 Å². The fraction of sp³-hybridized carbons (Fsp3) is 0.259. The first-order valence-electron chi connectivity index (χ1n) is 12.9. The number of carbonyl (C=O) groups excluding carboxylic acids is 1. The van der Waals surface area contributed by atoms with E-state index in [0.717, 1.165) is 17.4 Å². The molecule has 0 radical (unpaired) electrons. The van der Waals surface area contributed by atoms with Crippen LogP contribution in [0.15, 0.2) is 65.6 Å². The maximum Gasteiger partial charge on any atom is 0.251 e. The van der Waals surface area contributed by atoms with Gasteiger partial charge in [0.2, 0.25) is 16.0 Å². The fourth-order valence-electron chi connectivity index (χ4n) is 3.86. The highest BCUT2D eigenvalue weighted by Gasteiger charge is 2.14. The molecule has 2 aromatic carbocycles. The number of pyridine rings is 1. The number of amides is 1. The van der Waals surface area contributed by atoms with Crippen molar-refractivity contribution in [2.24, 2.45) is 10.9 Å². The molecule has 7 N–H and O–H groups in total. The van der Waals surface area contributed by atoms with Crippen molar-refractivity contribution in [1.29, 1.82) is 0 Å². The summed E-state index contributed by atoms with van der Waals surface area (Å²) in [6.07, 6.45) is 1.15. The van der Waals surface area contributed by atoms with E-state index in [4.69, 9.17) is 15.9 Å². The Morgan fingerprint density at radius 1 is 0.905 bits per heavy atom. The summed E-state index contributed by atoms with van der Waals surface area (Å²) in [5, 5.41) is 14.1. The predicted molar refractivity (Wildman–Crippen MR) is 162 cm³/mol. The van der Waals surface area contributed by atoms with E-state index in [1.54, 1.807) is 55.5 Å². The van der Waals surface area contributed by atoms with Crippen molar-refractivity contribution in [2.75, 3.05) is 35.7 Å². The zero-order chi connectivity index (χ0) is 30.5. The van der Waals surface area contributed by atoms with Crippen LogP contribution in [0.2, 0.25) is 0 Å². The summed E-state index contributed by atoms with van der Waals surface area (Å²) >= 11 is 0. The van der Waals surface area contributed by atoms with E-state index in [1.165, 1.54) is 12.1 Å². The molecular weight excluding hydrogens is 580 g/mol. The lowest BCUT2D eigenvalue weighted by molar-refractivity contribution is 0.0951. The Balaban J connectivity index is 1.60. The summed E-state index contributed by atoms with van der Waals surface area (Å²) < 4.78 is 46.4. The minimum Gasteiger partial charge on any atom is -0.367 e. The molecule has 4 rings (SSSR count). The van der Waals surface area contributed by atoms with Gasteiger partial charge in [-0.15, -0.1) is 0 Å². The van der Waals surface area contributed by atoms with Crippen LogP contribution in [0, 0.1) is 0 Å². The van der Waals surface area contributed by atoms with Crippen molar-refractivity contribution in [3.8, 4) is 11.3 Å². The molecule has 0 aliphatic carbocycles. The predicted octanol–water partition coefficient (Wildman–Crippen LogP) is 1.48. The van der Waals surface area contributed by atoms with Gasteiger partial charge in [0.15, 0.2) is 5.82 Å². The number of primary sulfonamides is 1. The largest absolute Gasteiger partial charge is 0.367 e. The Bertz CT molecular complexity index is 1800. The van der Waals surface area contributed by atoms with Crippen LogP contribution in [0.25, 0.3) is 22.3 Å². The van der Waals surface area contributed by atoms with Crippen LogP contribution in [0.5, 0.6) is 0 Å². The molecule has 4 aromatic rings. The molecular formula is C27H32N8O5S2. The van der Waals surface area contributed by atoms with Crippen molar-refractivity contribution < 1.29 is 21.6 Å². The lowest BCUT2D eigenvalue weighted by atomic mass is 10.1. The number of sulfonamides is 1. The number of nitrogens with zero attached hydrogens (tertiary/aromatic N) is 3. The van der Waals surface area contributed by atoms with Gasteiger partial charge in [-0.3, -0.25) is 4.79 Å². The van der Waals surface area contributed by atoms with Crippen LogP contribution in [0.4, 0.5) is 11.8 Å². The number of nitrogens with one attached hydrogen (secondary N) is 3. The quantitative estimate of drug-likeness (QED) is 0.155. The van der Waals surface area contributed by atoms with E-state index < -0.39 is 19.9 Å². The van der Waals surface area contributed by atoms with Gasteiger partial charge in [0.25, 0.3) is 5.91 Å². The van der Waals surface area contributed by atoms with Crippen LogP contribution >= 0.6 is 0 Å². The van der Waals surface area contributed by atoms with Crippen molar-refractivity contribution in [2.45, 2.75) is 24.4 Å². The van der Waals surface area contributed by atoms with E-state index in [0.29, 0.717) is 34.7 Å². The first-order valence-corrected chi connectivity index (χ1v) is 16.5. The van der Waals surface area contributed by atoms with E-state index in [9.17, 15) is 21.6 Å². The molecule has 0 fully saturated rings. The summed E-state index contributed by atoms with van der Waals surface area (Å²) in [7, 11) is -7.02. The third-order valence-corrected chi connectivity index (χ3v) is 7.91. The first kappa shape index (κ1) is 30.8. The van der Waals surface area contributed by atoms with Gasteiger partial charge in [0.1, 0.15) is 15.4 Å². The monoisotopic (exact) mass is 612 g/mol. The highest BCUT2D eigenvalue weighted by Crippen LogP contribution is 2.26. The third-order valence-electron chi connectivity index (χ3n) is 6.04. The van der Waals surface area contributed by atoms with Crippen LogP contribution in [0.1, 0.15) is 22.8 Å². The lowest BCUT2D eigenvalue weighted by Gasteiger charge is -2.13. The minimum absolute atomic E-state index is 0.00609. The summed E-state index contributed by atoms with van der Waals surface area (Å²) in [6, 6.07) is 16.4. The van der Waals surface area contributed by atoms with E-state index in [-0.39, 0.29) is 41.6 Å². The number of anilines is 2. The molecule has 1 atom stereocenters. The Kier molecular flexibility index (Phi) is 9.36. The molecule has 0 bridgehead atoms. The number of rotatable bonds is 12. The molecule has 1 amide bonds. The van der Waals surface area contributed by atoms with E-state index in [1.807, 2.05) is 0 Å². The second-order valence-electron chi connectivity index (χ2n) is 9.82. The van der Waals surface area contributed by atoms with Gasteiger partial charge in [-0.25, -0.2) is 31.9 Å². The Morgan fingerprint density at radius 3 is 2.21 bits per heavy atom. The molecule has 0 aliphatic heterocycles. The van der Waals surface area contributed by atoms with Gasteiger partial charge in [0.05, 0.1) is 21.9 Å². The topological polar surface area (TPSA) is 212 Å². The second kappa shape index (κ2) is 12.8. The van der Waals surface area contributed by atoms with Crippen molar-refractivity contribution >= 4 is 48.6 Å². The van der Waals surface area contributed by atoms with Gasteiger partial charge in [-0.1, -0.05) is 24.3 Å². The Labute approximate surface area is 244 Å². The molecule has 2 heterocycles. The molecule has 0 saturated heterocycles. The van der Waals surface area contributed by atoms with Crippen LogP contribution in [0.3, 0.4) is 0 Å². The molecule has 2 aromatic heterocycles. The van der Waals surface area contributed by atoms with Crippen LogP contribution in [-0.4, -0.2) is 68.8 Å². The van der Waals surface area contributed by atoms with Gasteiger partial charge < -0.3 is 21.7 Å². The lowest BCUT2D eigenvalue weighted by Crippen LogP contribution is -2.35. The van der Waals surface area contributed by atoms with Crippen LogP contribution in [-0.2, 0) is 26.4 Å². The molecule has 1 unspecified atom stereocenters. The van der Waals surface area contributed by atoms with Gasteiger partial charge >= 0.3 is 0 Å². The number of hydrogen-bond donors (Lipinski definition) is 5. The maximum atomic E-state index is 12.3. The zero-order valence-corrected chi connectivity index (χ0v) is 24.7. The van der Waals surface area contributed by atoms with Gasteiger partial charge in [0, 0.05) is 43.1 Å². The fourth-order valence-corrected chi connectivity index (χ4v) is 4.85. The highest BCUT2D eigenvalue weighted by atomic mass is 32.2. The molecule has 0 spiro atoms. The molecule has 0 aliphatic rings. The number of sulfone groups is 1. The van der Waals surface area contributed by atoms with Gasteiger partial charge in [-0.2, -0.15) is 4.98 Å². The summed E-state index contributed by atoms with van der Waals surface area (Å²) in [6.45, 7) is 2.56. The average molecular weight is 613 g/mol. The second-order valence-corrected chi connectivity index (χ2v) is 13.6. The Hall–Kier alpha value is -4.18. The van der Waals surface area contributed by atoms with Crippen molar-refractivity contribution in [1.82, 2.24) is 20.3 Å². The minimum atomic E-state index is -3.80. The summed E-state index contributed by atoms with van der Waals surface area (Å²) in [5.74, 6) is 0.265. The molecule has 42 heavy (non-hydrogen) atoms. The SMILES string of the molecule is CC(N)CNC(=O)c1ccc(-c2ccc3nc(NCc4ccc(S(N)(=O)=O)cc4)nc(NCCS(C)(=O)=O)c3n2)cc1. The molecule has 13 nitrogen and oxygen atoms in total. The zero-order valence-electron chi connectivity index (χ0n) is 23.0. The molecule has 222 valence electrons. The third kappa shape index (κ3) is 8.42. The standard InChI is InChI=1S/C27H32N8O5S2/c1-17(28)15-31-26(36)20-7-5-19(6-8-20)22-11-12-23-24(33-22)25(30-13-14-41(2,37)38)35-27(34-23)32-16-18-3-9-21(10-4-18)42(29,39)40/h3-12,17H,13-16,28H2,1-2H3,(H,31,36)(H2,29,39,40)(H2,30,32,34,35). The van der Waals surface area contributed by atoms with Gasteiger partial charge in [-0.05, 0) is 48.9 Å². The molecule has 15 heteroatoms. The normalized spacial score (nSPS) is 12.6. The number of fused-ring (bicyclic) bond motifs is 1. The average Bonchev–Trinajstić information content (AvgIpc) is 2.93. The number of carbonyl (C=O) groups is 1.